The van der Waals surface area contributed by atoms with Crippen molar-refractivity contribution in [1.29, 1.82) is 0 Å². The van der Waals surface area contributed by atoms with Crippen molar-refractivity contribution in [3.05, 3.63) is 47.8 Å². The van der Waals surface area contributed by atoms with Gasteiger partial charge in [-0.2, -0.15) is 5.10 Å². The fourth-order valence-corrected chi connectivity index (χ4v) is 1.89. The normalized spacial score (nSPS) is 12.1. The number of anilines is 1. The third-order valence-corrected chi connectivity index (χ3v) is 2.92. The van der Waals surface area contributed by atoms with Gasteiger partial charge in [-0.15, -0.1) is 0 Å². The molecule has 1 atom stereocenters. The number of hydrogen-bond donors (Lipinski definition) is 3. The zero-order chi connectivity index (χ0) is 13.7. The molecule has 100 valence electrons. The first kappa shape index (κ1) is 13.3. The molecule has 0 saturated heterocycles. The number of benzene rings is 1. The molecule has 0 radical (unpaired) electrons. The SMILES string of the molecule is CCNC(C)c1cccc(NC(=O)c2cn[nH]c2)c1. The molecule has 1 amide bonds. The van der Waals surface area contributed by atoms with Crippen LogP contribution in [-0.2, 0) is 0 Å². The molecule has 0 fully saturated rings. The third kappa shape index (κ3) is 3.42. The van der Waals surface area contributed by atoms with E-state index < -0.39 is 0 Å². The summed E-state index contributed by atoms with van der Waals surface area (Å²) in [6.07, 6.45) is 3.07. The summed E-state index contributed by atoms with van der Waals surface area (Å²) in [5.41, 5.74) is 2.45. The van der Waals surface area contributed by atoms with E-state index in [9.17, 15) is 4.79 Å². The third-order valence-electron chi connectivity index (χ3n) is 2.92. The Hall–Kier alpha value is -2.14. The molecule has 0 saturated carbocycles. The van der Waals surface area contributed by atoms with Gasteiger partial charge >= 0.3 is 0 Å². The van der Waals surface area contributed by atoms with Crippen LogP contribution in [0.3, 0.4) is 0 Å². The first-order valence-corrected chi connectivity index (χ1v) is 6.34. The van der Waals surface area contributed by atoms with E-state index >= 15 is 0 Å². The largest absolute Gasteiger partial charge is 0.322 e. The van der Waals surface area contributed by atoms with Crippen molar-refractivity contribution in [3.63, 3.8) is 0 Å². The molecule has 1 heterocycles. The van der Waals surface area contributed by atoms with Crippen LogP contribution < -0.4 is 10.6 Å². The van der Waals surface area contributed by atoms with Gasteiger partial charge in [-0.1, -0.05) is 19.1 Å². The van der Waals surface area contributed by atoms with Gasteiger partial charge in [0, 0.05) is 17.9 Å². The molecule has 0 spiro atoms. The van der Waals surface area contributed by atoms with Crippen molar-refractivity contribution < 1.29 is 4.79 Å². The highest BCUT2D eigenvalue weighted by Crippen LogP contribution is 2.17. The molecule has 2 rings (SSSR count). The van der Waals surface area contributed by atoms with Crippen molar-refractivity contribution in [2.45, 2.75) is 19.9 Å². The maximum atomic E-state index is 11.9. The summed E-state index contributed by atoms with van der Waals surface area (Å²) in [4.78, 5) is 11.9. The molecule has 3 N–H and O–H groups in total. The minimum Gasteiger partial charge on any atom is -0.322 e. The van der Waals surface area contributed by atoms with Gasteiger partial charge in [-0.3, -0.25) is 9.89 Å². The van der Waals surface area contributed by atoms with E-state index in [-0.39, 0.29) is 11.9 Å². The predicted molar refractivity (Wildman–Crippen MR) is 75.1 cm³/mol. The summed E-state index contributed by atoms with van der Waals surface area (Å²) in [7, 11) is 0. The smallest absolute Gasteiger partial charge is 0.258 e. The lowest BCUT2D eigenvalue weighted by Crippen LogP contribution is -2.18. The Morgan fingerprint density at radius 1 is 1.47 bits per heavy atom. The van der Waals surface area contributed by atoms with E-state index in [1.54, 1.807) is 6.20 Å². The summed E-state index contributed by atoms with van der Waals surface area (Å²) >= 11 is 0. The Bertz CT molecular complexity index is 536. The number of nitrogens with zero attached hydrogens (tertiary/aromatic N) is 1. The average Bonchev–Trinajstić information content (AvgIpc) is 2.93. The maximum Gasteiger partial charge on any atom is 0.258 e. The van der Waals surface area contributed by atoms with Crippen LogP contribution in [0.1, 0.15) is 35.8 Å². The van der Waals surface area contributed by atoms with Crippen molar-refractivity contribution in [2.24, 2.45) is 0 Å². The highest BCUT2D eigenvalue weighted by Gasteiger charge is 2.08. The zero-order valence-electron chi connectivity index (χ0n) is 11.1. The van der Waals surface area contributed by atoms with Gasteiger partial charge in [0.2, 0.25) is 0 Å². The minimum absolute atomic E-state index is 0.165. The Kier molecular flexibility index (Phi) is 4.30. The summed E-state index contributed by atoms with van der Waals surface area (Å²) in [5, 5.41) is 12.6. The number of aromatic amines is 1. The van der Waals surface area contributed by atoms with Gasteiger partial charge in [-0.25, -0.2) is 0 Å². The highest BCUT2D eigenvalue weighted by atomic mass is 16.1. The molecule has 1 unspecified atom stereocenters. The molecular formula is C14H18N4O. The van der Waals surface area contributed by atoms with Crippen LogP contribution in [0.15, 0.2) is 36.7 Å². The van der Waals surface area contributed by atoms with Gasteiger partial charge in [0.05, 0.1) is 11.8 Å². The topological polar surface area (TPSA) is 69.8 Å². The summed E-state index contributed by atoms with van der Waals surface area (Å²) < 4.78 is 0. The van der Waals surface area contributed by atoms with Crippen molar-refractivity contribution in [1.82, 2.24) is 15.5 Å². The van der Waals surface area contributed by atoms with Gasteiger partial charge in [0.15, 0.2) is 0 Å². The first-order valence-electron chi connectivity index (χ1n) is 6.34. The van der Waals surface area contributed by atoms with E-state index in [2.05, 4.69) is 34.7 Å². The molecule has 1 aromatic carbocycles. The molecule has 0 aliphatic heterocycles. The van der Waals surface area contributed by atoms with Crippen LogP contribution in [0.5, 0.6) is 0 Å². The lowest BCUT2D eigenvalue weighted by atomic mass is 10.1. The molecule has 1 aromatic heterocycles. The lowest BCUT2D eigenvalue weighted by Gasteiger charge is -2.14. The predicted octanol–water partition coefficient (Wildman–Crippen LogP) is 2.33. The van der Waals surface area contributed by atoms with Crippen LogP contribution in [-0.4, -0.2) is 22.6 Å². The average molecular weight is 258 g/mol. The summed E-state index contributed by atoms with van der Waals surface area (Å²) in [6.45, 7) is 5.08. The Balaban J connectivity index is 2.09. The molecule has 5 nitrogen and oxygen atoms in total. The quantitative estimate of drug-likeness (QED) is 0.771. The van der Waals surface area contributed by atoms with Crippen molar-refractivity contribution in [3.8, 4) is 0 Å². The fourth-order valence-electron chi connectivity index (χ4n) is 1.89. The Morgan fingerprint density at radius 2 is 2.32 bits per heavy atom. The second-order valence-electron chi connectivity index (χ2n) is 4.35. The number of nitrogens with one attached hydrogen (secondary N) is 3. The van der Waals surface area contributed by atoms with Crippen LogP contribution >= 0.6 is 0 Å². The second-order valence-corrected chi connectivity index (χ2v) is 4.35. The standard InChI is InChI=1S/C14H18N4O/c1-3-15-10(2)11-5-4-6-13(7-11)18-14(19)12-8-16-17-9-12/h4-10,15H,3H2,1-2H3,(H,16,17)(H,18,19). The first-order chi connectivity index (χ1) is 9.20. The van der Waals surface area contributed by atoms with Crippen LogP contribution in [0, 0.1) is 0 Å². The number of amides is 1. The number of carbonyl (C=O) groups is 1. The zero-order valence-corrected chi connectivity index (χ0v) is 11.1. The van der Waals surface area contributed by atoms with E-state index in [0.29, 0.717) is 5.56 Å². The maximum absolute atomic E-state index is 11.9. The summed E-state index contributed by atoms with van der Waals surface area (Å²) in [5.74, 6) is -0.165. The number of hydrogen-bond acceptors (Lipinski definition) is 3. The monoisotopic (exact) mass is 258 g/mol. The Labute approximate surface area is 112 Å². The van der Waals surface area contributed by atoms with Gasteiger partial charge < -0.3 is 10.6 Å². The minimum atomic E-state index is -0.165. The molecular weight excluding hydrogens is 240 g/mol. The van der Waals surface area contributed by atoms with E-state index in [0.717, 1.165) is 17.8 Å². The van der Waals surface area contributed by atoms with Gasteiger partial charge in [0.1, 0.15) is 0 Å². The van der Waals surface area contributed by atoms with E-state index in [1.165, 1.54) is 6.20 Å². The number of rotatable bonds is 5. The van der Waals surface area contributed by atoms with Crippen LogP contribution in [0.2, 0.25) is 0 Å². The summed E-state index contributed by atoms with van der Waals surface area (Å²) in [6, 6.07) is 8.09. The van der Waals surface area contributed by atoms with Crippen molar-refractivity contribution >= 4 is 11.6 Å². The van der Waals surface area contributed by atoms with Gasteiger partial charge in [-0.05, 0) is 31.2 Å². The van der Waals surface area contributed by atoms with Crippen molar-refractivity contribution in [2.75, 3.05) is 11.9 Å². The van der Waals surface area contributed by atoms with Crippen LogP contribution in [0.25, 0.3) is 0 Å². The molecule has 0 bridgehead atoms. The molecule has 19 heavy (non-hydrogen) atoms. The number of aromatic nitrogens is 2. The molecule has 5 heteroatoms. The molecule has 0 aliphatic rings. The number of carbonyl (C=O) groups excluding carboxylic acids is 1. The number of H-pyrrole nitrogens is 1. The fraction of sp³-hybridized carbons (Fsp3) is 0.286. The van der Waals surface area contributed by atoms with E-state index in [4.69, 9.17) is 0 Å². The van der Waals surface area contributed by atoms with E-state index in [1.807, 2.05) is 24.3 Å². The Morgan fingerprint density at radius 3 is 3.00 bits per heavy atom. The lowest BCUT2D eigenvalue weighted by molar-refractivity contribution is 0.102. The molecule has 2 aromatic rings. The van der Waals surface area contributed by atoms with Gasteiger partial charge in [0.25, 0.3) is 5.91 Å². The molecule has 0 aliphatic carbocycles. The van der Waals surface area contributed by atoms with Crippen LogP contribution in [0.4, 0.5) is 5.69 Å². The second kappa shape index (κ2) is 6.15. The highest BCUT2D eigenvalue weighted by molar-refractivity contribution is 6.03.